The molecule has 0 aliphatic heterocycles. The van der Waals surface area contributed by atoms with Gasteiger partial charge in [-0.1, -0.05) is 37.3 Å². The van der Waals surface area contributed by atoms with Gasteiger partial charge in [-0.05, 0) is 62.7 Å². The van der Waals surface area contributed by atoms with Crippen molar-refractivity contribution in [2.75, 3.05) is 20.3 Å². The topological polar surface area (TPSA) is 73.7 Å². The van der Waals surface area contributed by atoms with Crippen LogP contribution in [0.1, 0.15) is 49.4 Å². The fraction of sp³-hybridized carbons (Fsp3) is 0.276. The Kier molecular flexibility index (Phi) is 7.68. The summed E-state index contributed by atoms with van der Waals surface area (Å²) in [6.45, 7) is 6.77. The van der Waals surface area contributed by atoms with Crippen LogP contribution < -0.4 is 15.0 Å². The molecule has 7 nitrogen and oxygen atoms in total. The highest BCUT2D eigenvalue weighted by atomic mass is 16.5. The summed E-state index contributed by atoms with van der Waals surface area (Å²) in [5.41, 5.74) is 1.48. The van der Waals surface area contributed by atoms with Crippen LogP contribution in [0.3, 0.4) is 0 Å². The average molecular weight is 486 g/mol. The van der Waals surface area contributed by atoms with Crippen LogP contribution in [0.2, 0.25) is 0 Å². The Morgan fingerprint density at radius 1 is 1.03 bits per heavy atom. The molecule has 0 saturated heterocycles. The quantitative estimate of drug-likeness (QED) is 0.317. The molecule has 4 aromatic rings. The number of amides is 1. The maximum atomic E-state index is 13.9. The predicted octanol–water partition coefficient (Wildman–Crippen LogP) is 5.41. The minimum absolute atomic E-state index is 0.157. The second-order valence-electron chi connectivity index (χ2n) is 8.43. The van der Waals surface area contributed by atoms with Gasteiger partial charge in [-0.2, -0.15) is 0 Å². The molecule has 1 aromatic heterocycles. The molecule has 0 spiro atoms. The molecular weight excluding hydrogens is 454 g/mol. The lowest BCUT2D eigenvalue weighted by Crippen LogP contribution is -2.38. The second kappa shape index (κ2) is 11.1. The van der Waals surface area contributed by atoms with E-state index in [1.165, 1.54) is 0 Å². The van der Waals surface area contributed by atoms with E-state index in [2.05, 4.69) is 0 Å². The first-order chi connectivity index (χ1) is 17.5. The van der Waals surface area contributed by atoms with Gasteiger partial charge in [-0.25, -0.2) is 4.98 Å². The lowest BCUT2D eigenvalue weighted by atomic mass is 10.1. The molecule has 0 N–H and O–H groups in total. The summed E-state index contributed by atoms with van der Waals surface area (Å²) >= 11 is 0. The van der Waals surface area contributed by atoms with Crippen molar-refractivity contribution in [3.8, 4) is 17.2 Å². The largest absolute Gasteiger partial charge is 0.497 e. The molecule has 0 saturated carbocycles. The summed E-state index contributed by atoms with van der Waals surface area (Å²) in [4.78, 5) is 34.2. The molecule has 0 radical (unpaired) electrons. The number of hydrogen-bond acceptors (Lipinski definition) is 5. The molecular formula is C29H31N3O4. The normalized spacial score (nSPS) is 11.8. The molecule has 4 rings (SSSR count). The van der Waals surface area contributed by atoms with Crippen LogP contribution in [0.4, 0.5) is 0 Å². The Labute approximate surface area is 210 Å². The van der Waals surface area contributed by atoms with Gasteiger partial charge >= 0.3 is 0 Å². The number of hydrogen-bond donors (Lipinski definition) is 0. The van der Waals surface area contributed by atoms with Crippen molar-refractivity contribution in [1.82, 2.24) is 14.5 Å². The maximum absolute atomic E-state index is 13.9. The van der Waals surface area contributed by atoms with Gasteiger partial charge in [0.25, 0.3) is 11.5 Å². The number of aromatic nitrogens is 2. The highest BCUT2D eigenvalue weighted by Gasteiger charge is 2.28. The highest BCUT2D eigenvalue weighted by Crippen LogP contribution is 2.29. The van der Waals surface area contributed by atoms with Crippen LogP contribution in [0.25, 0.3) is 16.6 Å². The maximum Gasteiger partial charge on any atom is 0.266 e. The molecule has 7 heteroatoms. The second-order valence-corrected chi connectivity index (χ2v) is 8.43. The number of carbonyl (C=O) groups is 1. The van der Waals surface area contributed by atoms with Crippen LogP contribution in [0.5, 0.6) is 11.5 Å². The van der Waals surface area contributed by atoms with Gasteiger partial charge in [-0.3, -0.25) is 14.2 Å². The molecule has 0 fully saturated rings. The molecule has 1 atom stereocenters. The minimum Gasteiger partial charge on any atom is -0.497 e. The minimum atomic E-state index is -0.504. The summed E-state index contributed by atoms with van der Waals surface area (Å²) in [7, 11) is 1.57. The summed E-state index contributed by atoms with van der Waals surface area (Å²) in [5.74, 6) is 1.50. The zero-order valence-electron chi connectivity index (χ0n) is 21.1. The van der Waals surface area contributed by atoms with E-state index in [0.717, 1.165) is 6.42 Å². The number of carbonyl (C=O) groups excluding carboxylic acids is 1. The summed E-state index contributed by atoms with van der Waals surface area (Å²) in [5, 5.41) is 0.501. The first-order valence-electron chi connectivity index (χ1n) is 12.2. The van der Waals surface area contributed by atoms with Gasteiger partial charge in [0.1, 0.15) is 17.3 Å². The Morgan fingerprint density at radius 3 is 2.53 bits per heavy atom. The monoisotopic (exact) mass is 485 g/mol. The van der Waals surface area contributed by atoms with Gasteiger partial charge < -0.3 is 14.4 Å². The lowest BCUT2D eigenvalue weighted by molar-refractivity contribution is 0.0681. The molecule has 0 aliphatic carbocycles. The van der Waals surface area contributed by atoms with Crippen LogP contribution in [0.15, 0.2) is 77.6 Å². The fourth-order valence-electron chi connectivity index (χ4n) is 4.36. The Hall–Kier alpha value is -4.13. The van der Waals surface area contributed by atoms with Gasteiger partial charge in [0, 0.05) is 12.1 Å². The number of rotatable bonds is 9. The third kappa shape index (κ3) is 4.82. The summed E-state index contributed by atoms with van der Waals surface area (Å²) < 4.78 is 12.8. The Bertz CT molecular complexity index is 1430. The average Bonchev–Trinajstić information content (AvgIpc) is 2.91. The fourth-order valence-corrected chi connectivity index (χ4v) is 4.36. The molecule has 1 heterocycles. The number of ether oxygens (including phenoxy) is 2. The number of fused-ring (bicyclic) bond motifs is 1. The van der Waals surface area contributed by atoms with E-state index in [-0.39, 0.29) is 11.5 Å². The SMILES string of the molecule is CCCN(C(=O)c1cccc(OC)c1)[C@H](C)c1nc2ccccc2c(=O)n1-c1ccccc1OCC. The summed E-state index contributed by atoms with van der Waals surface area (Å²) in [6.07, 6.45) is 0.743. The first kappa shape index (κ1) is 25.0. The van der Waals surface area contributed by atoms with Crippen molar-refractivity contribution >= 4 is 16.8 Å². The summed E-state index contributed by atoms with van der Waals surface area (Å²) in [6, 6.07) is 21.3. The highest BCUT2D eigenvalue weighted by molar-refractivity contribution is 5.95. The predicted molar refractivity (Wildman–Crippen MR) is 141 cm³/mol. The molecule has 186 valence electrons. The first-order valence-corrected chi connectivity index (χ1v) is 12.2. The van der Waals surface area contributed by atoms with E-state index in [0.29, 0.717) is 52.6 Å². The van der Waals surface area contributed by atoms with E-state index in [4.69, 9.17) is 14.5 Å². The molecule has 1 amide bonds. The van der Waals surface area contributed by atoms with Gasteiger partial charge in [0.2, 0.25) is 0 Å². The van der Waals surface area contributed by atoms with Gasteiger partial charge in [-0.15, -0.1) is 0 Å². The van der Waals surface area contributed by atoms with Crippen molar-refractivity contribution in [2.45, 2.75) is 33.2 Å². The van der Waals surface area contributed by atoms with Crippen molar-refractivity contribution in [1.29, 1.82) is 0 Å². The third-order valence-corrected chi connectivity index (χ3v) is 6.09. The zero-order valence-corrected chi connectivity index (χ0v) is 21.1. The zero-order chi connectivity index (χ0) is 25.7. The molecule has 36 heavy (non-hydrogen) atoms. The van der Waals surface area contributed by atoms with E-state index in [1.54, 1.807) is 46.9 Å². The van der Waals surface area contributed by atoms with Crippen LogP contribution in [0, 0.1) is 0 Å². The lowest BCUT2D eigenvalue weighted by Gasteiger charge is -2.30. The molecule has 0 bridgehead atoms. The van der Waals surface area contributed by atoms with Crippen LogP contribution in [-0.2, 0) is 0 Å². The standard InChI is InChI=1S/C29H31N3O4/c1-5-18-31(28(33)21-12-11-13-22(19-21)35-4)20(3)27-30-24-15-8-7-14-23(24)29(34)32(27)25-16-9-10-17-26(25)36-6-2/h7-17,19-20H,5-6,18H2,1-4H3/t20-/m1/s1. The van der Waals surface area contributed by atoms with Crippen molar-refractivity contribution < 1.29 is 14.3 Å². The Morgan fingerprint density at radius 2 is 1.78 bits per heavy atom. The van der Waals surface area contributed by atoms with E-state index in [9.17, 15) is 9.59 Å². The van der Waals surface area contributed by atoms with Gasteiger partial charge in [0.15, 0.2) is 0 Å². The number of benzene rings is 3. The molecule has 3 aromatic carbocycles. The number of nitrogens with zero attached hydrogens (tertiary/aromatic N) is 3. The molecule has 0 aliphatic rings. The van der Waals surface area contributed by atoms with Crippen molar-refractivity contribution in [2.24, 2.45) is 0 Å². The van der Waals surface area contributed by atoms with Crippen LogP contribution in [-0.4, -0.2) is 40.6 Å². The smallest absolute Gasteiger partial charge is 0.266 e. The van der Waals surface area contributed by atoms with E-state index >= 15 is 0 Å². The van der Waals surface area contributed by atoms with Crippen molar-refractivity contribution in [3.05, 3.63) is 94.5 Å². The Balaban J connectivity index is 1.92. The number of para-hydroxylation sites is 3. The van der Waals surface area contributed by atoms with E-state index in [1.807, 2.05) is 63.2 Å². The number of methoxy groups -OCH3 is 1. The molecule has 0 unspecified atom stereocenters. The van der Waals surface area contributed by atoms with E-state index < -0.39 is 6.04 Å². The van der Waals surface area contributed by atoms with Gasteiger partial charge in [0.05, 0.1) is 36.3 Å². The van der Waals surface area contributed by atoms with Crippen molar-refractivity contribution in [3.63, 3.8) is 0 Å². The third-order valence-electron chi connectivity index (χ3n) is 6.09. The van der Waals surface area contributed by atoms with Crippen LogP contribution >= 0.6 is 0 Å².